The molecule has 1 aromatic carbocycles. The summed E-state index contributed by atoms with van der Waals surface area (Å²) in [6.07, 6.45) is 6.77. The number of pyridine rings is 1. The van der Waals surface area contributed by atoms with Crippen LogP contribution in [0, 0.1) is 0 Å². The second kappa shape index (κ2) is 7.20. The molecule has 30 heavy (non-hydrogen) atoms. The largest absolute Gasteiger partial charge is 0.513 e. The number of aliphatic hydroxyl groups is 1. The number of aryl methyl sites for hydroxylation is 1. The molecule has 3 aromatic heterocycles. The maximum absolute atomic E-state index is 13.3. The van der Waals surface area contributed by atoms with Crippen LogP contribution in [0.3, 0.4) is 0 Å². The highest BCUT2D eigenvalue weighted by Gasteiger charge is 2.29. The highest BCUT2D eigenvalue weighted by Crippen LogP contribution is 2.36. The van der Waals surface area contributed by atoms with Crippen LogP contribution in [0.5, 0.6) is 0 Å². The van der Waals surface area contributed by atoms with E-state index in [1.54, 1.807) is 17.0 Å². The Balaban J connectivity index is 1.61. The molecule has 2 radical (unpaired) electrons. The Labute approximate surface area is 174 Å². The number of fused-ring (bicyclic) bond motifs is 2. The van der Waals surface area contributed by atoms with Crippen LogP contribution in [-0.2, 0) is 13.1 Å². The minimum atomic E-state index is -0.0256. The molecule has 0 aliphatic heterocycles. The molecular weight excluding hydrogens is 377 g/mol. The number of rotatable bonds is 7. The molecule has 1 aliphatic rings. The van der Waals surface area contributed by atoms with Crippen molar-refractivity contribution in [3.63, 3.8) is 0 Å². The molecule has 1 fully saturated rings. The summed E-state index contributed by atoms with van der Waals surface area (Å²) in [5.41, 5.74) is 4.11. The summed E-state index contributed by atoms with van der Waals surface area (Å²) < 4.78 is 5.74. The third kappa shape index (κ3) is 3.22. The lowest BCUT2D eigenvalue weighted by atomic mass is 9.96. The lowest BCUT2D eigenvalue weighted by Crippen LogP contribution is -2.25. The summed E-state index contributed by atoms with van der Waals surface area (Å²) in [5, 5.41) is 9.46. The summed E-state index contributed by atoms with van der Waals surface area (Å²) in [5.74, 6) is 0.944. The number of aromatic nitrogens is 5. The van der Waals surface area contributed by atoms with Crippen LogP contribution in [0.4, 0.5) is 0 Å². The van der Waals surface area contributed by atoms with Crippen molar-refractivity contribution in [1.82, 2.24) is 23.7 Å². The monoisotopic (exact) mass is 399 g/mol. The summed E-state index contributed by atoms with van der Waals surface area (Å²) in [7, 11) is 5.96. The topological polar surface area (TPSA) is 77.9 Å². The molecule has 0 spiro atoms. The van der Waals surface area contributed by atoms with E-state index in [4.69, 9.17) is 12.8 Å². The van der Waals surface area contributed by atoms with Gasteiger partial charge in [-0.05, 0) is 37.5 Å². The standard InChI is InChI=1S/C22H22BN5O2/c1-14(29)3-2-10-26-18-7-4-15(23)11-17(18)25-21(26)13-27-20-12-24-9-8-19(20)28(22(27)30)16-5-6-16/h4,7-9,11-12,16,29H,1-3,5-6,10,13H2. The van der Waals surface area contributed by atoms with Crippen molar-refractivity contribution >= 4 is 35.4 Å². The first-order valence-corrected chi connectivity index (χ1v) is 10.2. The van der Waals surface area contributed by atoms with E-state index in [1.807, 2.05) is 28.8 Å². The average Bonchev–Trinajstić information content (AvgIpc) is 3.44. The number of nitrogens with zero attached hydrogens (tertiary/aromatic N) is 5. The Kier molecular flexibility index (Phi) is 4.49. The molecule has 5 rings (SSSR count). The highest BCUT2D eigenvalue weighted by molar-refractivity contribution is 6.33. The van der Waals surface area contributed by atoms with E-state index in [0.29, 0.717) is 25.0 Å². The normalized spacial score (nSPS) is 14.0. The fraction of sp³-hybridized carbons (Fsp3) is 0.318. The van der Waals surface area contributed by atoms with Crippen molar-refractivity contribution in [2.45, 2.75) is 44.8 Å². The number of hydrogen-bond acceptors (Lipinski definition) is 4. The highest BCUT2D eigenvalue weighted by atomic mass is 16.3. The van der Waals surface area contributed by atoms with Crippen molar-refractivity contribution in [2.75, 3.05) is 0 Å². The van der Waals surface area contributed by atoms with Gasteiger partial charge in [-0.2, -0.15) is 0 Å². The smallest absolute Gasteiger partial charge is 0.329 e. The predicted molar refractivity (Wildman–Crippen MR) is 117 cm³/mol. The van der Waals surface area contributed by atoms with Gasteiger partial charge in [0.25, 0.3) is 0 Å². The van der Waals surface area contributed by atoms with Crippen LogP contribution in [-0.4, -0.2) is 36.6 Å². The molecule has 0 saturated heterocycles. The van der Waals surface area contributed by atoms with Gasteiger partial charge >= 0.3 is 5.69 Å². The number of benzene rings is 1. The average molecular weight is 399 g/mol. The molecule has 4 aromatic rings. The zero-order chi connectivity index (χ0) is 20.8. The van der Waals surface area contributed by atoms with Gasteiger partial charge in [-0.3, -0.25) is 14.1 Å². The molecule has 0 amide bonds. The fourth-order valence-corrected chi connectivity index (χ4v) is 4.11. The molecule has 7 nitrogen and oxygen atoms in total. The van der Waals surface area contributed by atoms with Crippen LogP contribution >= 0.6 is 0 Å². The second-order valence-corrected chi connectivity index (χ2v) is 7.93. The summed E-state index contributed by atoms with van der Waals surface area (Å²) >= 11 is 0. The minimum absolute atomic E-state index is 0.0256. The first-order valence-electron chi connectivity index (χ1n) is 10.2. The lowest BCUT2D eigenvalue weighted by Gasteiger charge is -2.10. The molecule has 0 bridgehead atoms. The Morgan fingerprint density at radius 2 is 2.03 bits per heavy atom. The van der Waals surface area contributed by atoms with Gasteiger partial charge in [0.15, 0.2) is 0 Å². The van der Waals surface area contributed by atoms with E-state index in [2.05, 4.69) is 16.1 Å². The molecular formula is C22H22BN5O2. The SMILES string of the molecule is [B]c1ccc2c(c1)nc(Cn1c(=O)n(C3CC3)c3ccncc31)n2CCCC(=C)O. The zero-order valence-electron chi connectivity index (χ0n) is 16.7. The number of imidazole rings is 2. The van der Waals surface area contributed by atoms with Crippen LogP contribution in [0.15, 0.2) is 53.8 Å². The Morgan fingerprint density at radius 3 is 2.80 bits per heavy atom. The number of hydrogen-bond donors (Lipinski definition) is 1. The third-order valence-corrected chi connectivity index (χ3v) is 5.68. The number of aliphatic hydroxyl groups excluding tert-OH is 1. The van der Waals surface area contributed by atoms with Gasteiger partial charge in [0.1, 0.15) is 13.7 Å². The van der Waals surface area contributed by atoms with E-state index in [9.17, 15) is 9.90 Å². The van der Waals surface area contributed by atoms with Crippen LogP contribution < -0.4 is 11.2 Å². The minimum Gasteiger partial charge on any atom is -0.513 e. The Hall–Kier alpha value is -3.29. The first kappa shape index (κ1) is 18.7. The van der Waals surface area contributed by atoms with Crippen molar-refractivity contribution in [3.05, 3.63) is 65.3 Å². The molecule has 1 N–H and O–H groups in total. The van der Waals surface area contributed by atoms with E-state index in [0.717, 1.165) is 47.2 Å². The summed E-state index contributed by atoms with van der Waals surface area (Å²) in [6, 6.07) is 7.83. The quantitative estimate of drug-likeness (QED) is 0.383. The van der Waals surface area contributed by atoms with Crippen LogP contribution in [0.25, 0.3) is 22.1 Å². The van der Waals surface area contributed by atoms with E-state index in [1.165, 1.54) is 0 Å². The van der Waals surface area contributed by atoms with Crippen molar-refractivity contribution in [2.24, 2.45) is 0 Å². The van der Waals surface area contributed by atoms with Crippen LogP contribution in [0.2, 0.25) is 0 Å². The van der Waals surface area contributed by atoms with Gasteiger partial charge in [-0.1, -0.05) is 18.1 Å². The van der Waals surface area contributed by atoms with Gasteiger partial charge in [-0.25, -0.2) is 9.78 Å². The van der Waals surface area contributed by atoms with Crippen molar-refractivity contribution < 1.29 is 5.11 Å². The Bertz CT molecular complexity index is 1330. The van der Waals surface area contributed by atoms with Crippen molar-refractivity contribution in [3.8, 4) is 0 Å². The third-order valence-electron chi connectivity index (χ3n) is 5.68. The number of allylic oxidation sites excluding steroid dienone is 1. The van der Waals surface area contributed by atoms with E-state index < -0.39 is 0 Å². The maximum Gasteiger partial charge on any atom is 0.329 e. The van der Waals surface area contributed by atoms with Gasteiger partial charge < -0.3 is 9.67 Å². The first-order chi connectivity index (χ1) is 14.5. The summed E-state index contributed by atoms with van der Waals surface area (Å²) in [6.45, 7) is 4.57. The molecule has 1 aliphatic carbocycles. The zero-order valence-corrected chi connectivity index (χ0v) is 16.7. The van der Waals surface area contributed by atoms with Gasteiger partial charge in [0.2, 0.25) is 0 Å². The maximum atomic E-state index is 13.3. The van der Waals surface area contributed by atoms with Gasteiger partial charge in [0, 0.05) is 25.2 Å². The fourth-order valence-electron chi connectivity index (χ4n) is 4.11. The molecule has 150 valence electrons. The van der Waals surface area contributed by atoms with E-state index in [-0.39, 0.29) is 17.5 Å². The van der Waals surface area contributed by atoms with E-state index >= 15 is 0 Å². The lowest BCUT2D eigenvalue weighted by molar-refractivity contribution is 0.381. The Morgan fingerprint density at radius 1 is 1.20 bits per heavy atom. The van der Waals surface area contributed by atoms with Gasteiger partial charge in [-0.15, -0.1) is 0 Å². The second-order valence-electron chi connectivity index (χ2n) is 7.93. The summed E-state index contributed by atoms with van der Waals surface area (Å²) in [4.78, 5) is 22.3. The molecule has 3 heterocycles. The van der Waals surface area contributed by atoms with Crippen molar-refractivity contribution in [1.29, 1.82) is 0 Å². The molecule has 0 atom stereocenters. The molecule has 0 unspecified atom stereocenters. The van der Waals surface area contributed by atoms with Crippen LogP contribution in [0.1, 0.15) is 37.5 Å². The molecule has 1 saturated carbocycles. The van der Waals surface area contributed by atoms with Gasteiger partial charge in [0.05, 0.1) is 40.6 Å². The molecule has 8 heteroatoms. The predicted octanol–water partition coefficient (Wildman–Crippen LogP) is 2.58.